The first-order chi connectivity index (χ1) is 9.69. The number of hydrogen-bond acceptors (Lipinski definition) is 2. The molecule has 2 rings (SSSR count). The van der Waals surface area contributed by atoms with Crippen LogP contribution in [-0.4, -0.2) is 12.2 Å². The van der Waals surface area contributed by atoms with Crippen molar-refractivity contribution in [3.63, 3.8) is 0 Å². The van der Waals surface area contributed by atoms with E-state index in [0.717, 1.165) is 22.1 Å². The van der Waals surface area contributed by atoms with Crippen molar-refractivity contribution >= 4 is 39.3 Å². The van der Waals surface area contributed by atoms with Crippen molar-refractivity contribution in [2.24, 2.45) is 0 Å². The Balaban J connectivity index is 1.87. The first-order valence-corrected chi connectivity index (χ1v) is 8.38. The molecule has 0 atom stereocenters. The Kier molecular flexibility index (Phi) is 5.68. The average molecular weight is 350 g/mol. The lowest BCUT2D eigenvalue weighted by Gasteiger charge is -2.07. The summed E-state index contributed by atoms with van der Waals surface area (Å²) in [5.41, 5.74) is 2.00. The van der Waals surface area contributed by atoms with Gasteiger partial charge in [0.2, 0.25) is 5.91 Å². The number of carbonyl (C=O) groups is 1. The number of nitrogens with one attached hydrogen (secondary N) is 1. The van der Waals surface area contributed by atoms with Gasteiger partial charge in [-0.05, 0) is 48.6 Å². The number of benzene rings is 2. The maximum absolute atomic E-state index is 11.9. The number of halogens is 1. The number of aryl methyl sites for hydroxylation is 1. The molecule has 0 radical (unpaired) electrons. The molecule has 1 amide bonds. The predicted octanol–water partition coefficient (Wildman–Crippen LogP) is 4.74. The average Bonchev–Trinajstić information content (AvgIpc) is 2.47. The minimum Gasteiger partial charge on any atom is -0.326 e. The minimum atomic E-state index is 0.0395. The summed E-state index contributed by atoms with van der Waals surface area (Å²) < 4.78 is 1.05. The molecule has 0 spiro atoms. The Morgan fingerprint density at radius 3 is 2.50 bits per heavy atom. The molecule has 0 aliphatic heterocycles. The van der Waals surface area contributed by atoms with E-state index in [1.165, 1.54) is 4.90 Å². The summed E-state index contributed by atoms with van der Waals surface area (Å²) in [5, 5.41) is 2.92. The summed E-state index contributed by atoms with van der Waals surface area (Å²) in [5.74, 6) is 0.0395. The summed E-state index contributed by atoms with van der Waals surface area (Å²) in [4.78, 5) is 13.1. The predicted molar refractivity (Wildman–Crippen MR) is 89.3 cm³/mol. The van der Waals surface area contributed by atoms with E-state index in [1.54, 1.807) is 11.8 Å². The van der Waals surface area contributed by atoms with Crippen molar-refractivity contribution < 1.29 is 4.79 Å². The molecule has 0 aliphatic rings. The number of amides is 1. The number of rotatable bonds is 5. The first-order valence-electron chi connectivity index (χ1n) is 6.36. The van der Waals surface area contributed by atoms with Crippen LogP contribution < -0.4 is 5.32 Å². The van der Waals surface area contributed by atoms with Gasteiger partial charge in [-0.3, -0.25) is 4.79 Å². The first kappa shape index (κ1) is 15.1. The van der Waals surface area contributed by atoms with Gasteiger partial charge in [0.05, 0.1) is 0 Å². The zero-order chi connectivity index (χ0) is 14.4. The van der Waals surface area contributed by atoms with Crippen LogP contribution >= 0.6 is 27.7 Å². The van der Waals surface area contributed by atoms with Gasteiger partial charge in [0.1, 0.15) is 0 Å². The number of thioether (sulfide) groups is 1. The molecule has 20 heavy (non-hydrogen) atoms. The second-order valence-electron chi connectivity index (χ2n) is 4.37. The van der Waals surface area contributed by atoms with E-state index >= 15 is 0 Å². The van der Waals surface area contributed by atoms with Crippen LogP contribution in [0.3, 0.4) is 0 Å². The van der Waals surface area contributed by atoms with Crippen molar-refractivity contribution in [1.82, 2.24) is 0 Å². The fourth-order valence-corrected chi connectivity index (χ4v) is 2.74. The third kappa shape index (κ3) is 4.39. The molecule has 104 valence electrons. The molecule has 1 N–H and O–H groups in total. The Morgan fingerprint density at radius 1 is 1.15 bits per heavy atom. The van der Waals surface area contributed by atoms with Crippen LogP contribution in [0.2, 0.25) is 0 Å². The standard InChI is InChI=1S/C16H16BrNOS/c1-20-14-9-7-13(8-10-14)18-16(19)11-6-12-4-2-3-5-15(12)17/h2-5,7-10H,6,11H2,1H3,(H,18,19). The highest BCUT2D eigenvalue weighted by atomic mass is 79.9. The minimum absolute atomic E-state index is 0.0395. The molecule has 0 aromatic heterocycles. The maximum Gasteiger partial charge on any atom is 0.224 e. The van der Waals surface area contributed by atoms with E-state index in [9.17, 15) is 4.79 Å². The Morgan fingerprint density at radius 2 is 1.85 bits per heavy atom. The van der Waals surface area contributed by atoms with Gasteiger partial charge in [0, 0.05) is 21.5 Å². The highest BCUT2D eigenvalue weighted by Gasteiger charge is 2.05. The van der Waals surface area contributed by atoms with Crippen molar-refractivity contribution in [3.05, 3.63) is 58.6 Å². The van der Waals surface area contributed by atoms with E-state index in [2.05, 4.69) is 21.2 Å². The lowest BCUT2D eigenvalue weighted by atomic mass is 10.1. The molecule has 0 saturated carbocycles. The molecule has 2 aromatic rings. The topological polar surface area (TPSA) is 29.1 Å². The van der Waals surface area contributed by atoms with Gasteiger partial charge in [-0.15, -0.1) is 11.8 Å². The van der Waals surface area contributed by atoms with Crippen LogP contribution in [0.4, 0.5) is 5.69 Å². The number of anilines is 1. The van der Waals surface area contributed by atoms with Crippen LogP contribution in [0.5, 0.6) is 0 Å². The molecule has 0 unspecified atom stereocenters. The molecular weight excluding hydrogens is 334 g/mol. The lowest BCUT2D eigenvalue weighted by molar-refractivity contribution is -0.116. The summed E-state index contributed by atoms with van der Waals surface area (Å²) >= 11 is 5.18. The fraction of sp³-hybridized carbons (Fsp3) is 0.188. The number of carbonyl (C=O) groups excluding carboxylic acids is 1. The van der Waals surface area contributed by atoms with E-state index in [0.29, 0.717) is 6.42 Å². The molecule has 4 heteroatoms. The quantitative estimate of drug-likeness (QED) is 0.789. The van der Waals surface area contributed by atoms with Crippen LogP contribution in [0, 0.1) is 0 Å². The second kappa shape index (κ2) is 7.50. The number of hydrogen-bond donors (Lipinski definition) is 1. The Labute approximate surface area is 132 Å². The monoisotopic (exact) mass is 349 g/mol. The van der Waals surface area contributed by atoms with Gasteiger partial charge in [0.25, 0.3) is 0 Å². The highest BCUT2D eigenvalue weighted by molar-refractivity contribution is 9.10. The third-order valence-corrected chi connectivity index (χ3v) is 4.47. The zero-order valence-electron chi connectivity index (χ0n) is 11.2. The molecule has 0 aliphatic carbocycles. The van der Waals surface area contributed by atoms with Crippen molar-refractivity contribution in [3.8, 4) is 0 Å². The van der Waals surface area contributed by atoms with Crippen LogP contribution in [0.15, 0.2) is 57.9 Å². The third-order valence-electron chi connectivity index (χ3n) is 2.95. The molecule has 0 saturated heterocycles. The normalized spacial score (nSPS) is 10.3. The molecule has 0 bridgehead atoms. The molecular formula is C16H16BrNOS. The highest BCUT2D eigenvalue weighted by Crippen LogP contribution is 2.19. The maximum atomic E-state index is 11.9. The molecule has 2 nitrogen and oxygen atoms in total. The smallest absolute Gasteiger partial charge is 0.224 e. The zero-order valence-corrected chi connectivity index (χ0v) is 13.6. The van der Waals surface area contributed by atoms with Crippen LogP contribution in [0.1, 0.15) is 12.0 Å². The van der Waals surface area contributed by atoms with Crippen LogP contribution in [-0.2, 0) is 11.2 Å². The Bertz CT molecular complexity index is 583. The molecule has 0 fully saturated rings. The van der Waals surface area contributed by atoms with Crippen LogP contribution in [0.25, 0.3) is 0 Å². The van der Waals surface area contributed by atoms with Gasteiger partial charge in [0.15, 0.2) is 0 Å². The lowest BCUT2D eigenvalue weighted by Crippen LogP contribution is -2.12. The van der Waals surface area contributed by atoms with Gasteiger partial charge in [-0.1, -0.05) is 34.1 Å². The largest absolute Gasteiger partial charge is 0.326 e. The van der Waals surface area contributed by atoms with Crippen molar-refractivity contribution in [1.29, 1.82) is 0 Å². The summed E-state index contributed by atoms with van der Waals surface area (Å²) in [6.07, 6.45) is 3.24. The van der Waals surface area contributed by atoms with E-state index < -0.39 is 0 Å². The van der Waals surface area contributed by atoms with Crippen molar-refractivity contribution in [2.45, 2.75) is 17.7 Å². The van der Waals surface area contributed by atoms with E-state index in [1.807, 2.05) is 54.8 Å². The van der Waals surface area contributed by atoms with Gasteiger partial charge < -0.3 is 5.32 Å². The van der Waals surface area contributed by atoms with Gasteiger partial charge >= 0.3 is 0 Å². The van der Waals surface area contributed by atoms with E-state index in [-0.39, 0.29) is 5.91 Å². The summed E-state index contributed by atoms with van der Waals surface area (Å²) in [7, 11) is 0. The van der Waals surface area contributed by atoms with Gasteiger partial charge in [-0.25, -0.2) is 0 Å². The summed E-state index contributed by atoms with van der Waals surface area (Å²) in [6, 6.07) is 15.9. The van der Waals surface area contributed by atoms with Crippen molar-refractivity contribution in [2.75, 3.05) is 11.6 Å². The summed E-state index contributed by atoms with van der Waals surface area (Å²) in [6.45, 7) is 0. The Hall–Kier alpha value is -1.26. The van der Waals surface area contributed by atoms with E-state index in [4.69, 9.17) is 0 Å². The SMILES string of the molecule is CSc1ccc(NC(=O)CCc2ccccc2Br)cc1. The molecule has 0 heterocycles. The fourth-order valence-electron chi connectivity index (χ4n) is 1.85. The van der Waals surface area contributed by atoms with Gasteiger partial charge in [-0.2, -0.15) is 0 Å². The molecule has 2 aromatic carbocycles. The second-order valence-corrected chi connectivity index (χ2v) is 6.10.